The van der Waals surface area contributed by atoms with Gasteiger partial charge < -0.3 is 9.88 Å². The first kappa shape index (κ1) is 20.2. The molecule has 3 aromatic rings. The Bertz CT molecular complexity index is 1060. The molecule has 3 rings (SSSR count). The van der Waals surface area contributed by atoms with Crippen LogP contribution in [-0.4, -0.2) is 16.5 Å². The van der Waals surface area contributed by atoms with E-state index < -0.39 is 29.7 Å². The van der Waals surface area contributed by atoms with E-state index in [1.807, 2.05) is 12.1 Å². The second kappa shape index (κ2) is 7.86. The summed E-state index contributed by atoms with van der Waals surface area (Å²) in [5.74, 6) is -0.510. The molecule has 3 amide bonds. The summed E-state index contributed by atoms with van der Waals surface area (Å²) in [6.07, 6.45) is -2.82. The fourth-order valence-corrected chi connectivity index (χ4v) is 3.00. The number of urea groups is 1. The molecule has 0 saturated heterocycles. The third kappa shape index (κ3) is 4.50. The van der Waals surface area contributed by atoms with Gasteiger partial charge >= 0.3 is 12.2 Å². The molecule has 1 heterocycles. The fourth-order valence-electron chi connectivity index (χ4n) is 3.00. The standard InChI is InChI=1S/C20H19F3N4O2/c1-12(13-6-5-7-14(10-13)20(21,22)23)24-19(29)26-25-18(28)16-11-27(2)17-9-4-3-8-15(16)17/h3-12H,1-2H3,(H,25,28)(H2,24,26,29). The maximum absolute atomic E-state index is 12.8. The molecule has 0 radical (unpaired) electrons. The van der Waals surface area contributed by atoms with Crippen LogP contribution in [0.4, 0.5) is 18.0 Å². The summed E-state index contributed by atoms with van der Waals surface area (Å²) in [5.41, 5.74) is 5.26. The summed E-state index contributed by atoms with van der Waals surface area (Å²) in [7, 11) is 1.80. The maximum Gasteiger partial charge on any atom is 0.416 e. The number of hydrogen-bond acceptors (Lipinski definition) is 2. The van der Waals surface area contributed by atoms with Gasteiger partial charge in [0.15, 0.2) is 0 Å². The summed E-state index contributed by atoms with van der Waals surface area (Å²) in [5, 5.41) is 3.22. The molecule has 2 aromatic carbocycles. The second-order valence-electron chi connectivity index (χ2n) is 6.57. The van der Waals surface area contributed by atoms with Crippen LogP contribution in [0.1, 0.15) is 34.5 Å². The number of para-hydroxylation sites is 1. The lowest BCUT2D eigenvalue weighted by molar-refractivity contribution is -0.137. The normalized spacial score (nSPS) is 12.4. The van der Waals surface area contributed by atoms with E-state index in [2.05, 4.69) is 16.2 Å². The number of aromatic nitrogens is 1. The molecule has 0 fully saturated rings. The molecule has 0 aliphatic rings. The number of nitrogens with zero attached hydrogens (tertiary/aromatic N) is 1. The van der Waals surface area contributed by atoms with Crippen molar-refractivity contribution in [3.8, 4) is 0 Å². The Morgan fingerprint density at radius 3 is 2.48 bits per heavy atom. The molecule has 6 nitrogen and oxygen atoms in total. The van der Waals surface area contributed by atoms with Gasteiger partial charge in [-0.05, 0) is 30.7 Å². The Labute approximate surface area is 164 Å². The first-order valence-electron chi connectivity index (χ1n) is 8.75. The number of alkyl halides is 3. The van der Waals surface area contributed by atoms with Crippen LogP contribution in [-0.2, 0) is 13.2 Å². The summed E-state index contributed by atoms with van der Waals surface area (Å²) in [6.45, 7) is 1.54. The van der Waals surface area contributed by atoms with Crippen molar-refractivity contribution in [3.05, 3.63) is 71.4 Å². The van der Waals surface area contributed by atoms with Crippen LogP contribution >= 0.6 is 0 Å². The molecule has 0 bridgehead atoms. The molecule has 152 valence electrons. The van der Waals surface area contributed by atoms with E-state index in [1.54, 1.807) is 36.9 Å². The van der Waals surface area contributed by atoms with Gasteiger partial charge in [0.1, 0.15) is 0 Å². The molecule has 1 unspecified atom stereocenters. The highest BCUT2D eigenvalue weighted by molar-refractivity contribution is 6.07. The molecular weight excluding hydrogens is 385 g/mol. The SMILES string of the molecule is CC(NC(=O)NNC(=O)c1cn(C)c2ccccc12)c1cccc(C(F)(F)F)c1. The predicted octanol–water partition coefficient (Wildman–Crippen LogP) is 3.90. The van der Waals surface area contributed by atoms with E-state index in [1.165, 1.54) is 12.1 Å². The summed E-state index contributed by atoms with van der Waals surface area (Å²) in [4.78, 5) is 24.4. The fraction of sp³-hybridized carbons (Fsp3) is 0.200. The number of rotatable bonds is 3. The lowest BCUT2D eigenvalue weighted by Gasteiger charge is -2.17. The van der Waals surface area contributed by atoms with Crippen LogP contribution < -0.4 is 16.2 Å². The van der Waals surface area contributed by atoms with E-state index in [0.717, 1.165) is 23.0 Å². The van der Waals surface area contributed by atoms with Gasteiger partial charge in [-0.15, -0.1) is 0 Å². The maximum atomic E-state index is 12.8. The molecule has 9 heteroatoms. The molecule has 0 saturated carbocycles. The predicted molar refractivity (Wildman–Crippen MR) is 102 cm³/mol. The number of carbonyl (C=O) groups excluding carboxylic acids is 2. The summed E-state index contributed by atoms with van der Waals surface area (Å²) >= 11 is 0. The topological polar surface area (TPSA) is 75.2 Å². The van der Waals surface area contributed by atoms with Crippen LogP contribution in [0.5, 0.6) is 0 Å². The first-order chi connectivity index (χ1) is 13.7. The number of hydrogen-bond donors (Lipinski definition) is 3. The average molecular weight is 404 g/mol. The number of aryl methyl sites for hydroxylation is 1. The third-order valence-electron chi connectivity index (χ3n) is 4.49. The van der Waals surface area contributed by atoms with Crippen LogP contribution in [0, 0.1) is 0 Å². The molecule has 1 atom stereocenters. The Balaban J connectivity index is 1.62. The van der Waals surface area contributed by atoms with Crippen molar-refractivity contribution in [2.24, 2.45) is 7.05 Å². The number of carbonyl (C=O) groups is 2. The molecule has 0 aliphatic carbocycles. The van der Waals surface area contributed by atoms with Crippen molar-refractivity contribution in [2.75, 3.05) is 0 Å². The van der Waals surface area contributed by atoms with Gasteiger partial charge in [-0.3, -0.25) is 10.2 Å². The number of amides is 3. The Kier molecular flexibility index (Phi) is 5.49. The van der Waals surface area contributed by atoms with Crippen LogP contribution in [0.3, 0.4) is 0 Å². The minimum absolute atomic E-state index is 0.287. The zero-order valence-electron chi connectivity index (χ0n) is 15.7. The van der Waals surface area contributed by atoms with E-state index >= 15 is 0 Å². The van der Waals surface area contributed by atoms with Crippen molar-refractivity contribution >= 4 is 22.8 Å². The van der Waals surface area contributed by atoms with Crippen molar-refractivity contribution in [1.82, 2.24) is 20.7 Å². The quantitative estimate of drug-likeness (QED) is 0.579. The number of nitrogens with one attached hydrogen (secondary N) is 3. The number of hydrazine groups is 1. The van der Waals surface area contributed by atoms with Crippen molar-refractivity contribution in [2.45, 2.75) is 19.1 Å². The number of benzene rings is 2. The largest absolute Gasteiger partial charge is 0.416 e. The first-order valence-corrected chi connectivity index (χ1v) is 8.75. The lowest BCUT2D eigenvalue weighted by Crippen LogP contribution is -2.47. The molecule has 29 heavy (non-hydrogen) atoms. The minimum Gasteiger partial charge on any atom is -0.350 e. The summed E-state index contributed by atoms with van der Waals surface area (Å²) in [6, 6.07) is 10.5. The zero-order valence-corrected chi connectivity index (χ0v) is 15.7. The minimum atomic E-state index is -4.47. The van der Waals surface area contributed by atoms with Crippen molar-refractivity contribution in [3.63, 3.8) is 0 Å². The van der Waals surface area contributed by atoms with Gasteiger partial charge in [-0.2, -0.15) is 13.2 Å². The van der Waals surface area contributed by atoms with E-state index in [4.69, 9.17) is 0 Å². The highest BCUT2D eigenvalue weighted by Gasteiger charge is 2.30. The number of halogens is 3. The Hall–Kier alpha value is -3.49. The Morgan fingerprint density at radius 2 is 1.76 bits per heavy atom. The molecule has 1 aromatic heterocycles. The second-order valence-corrected chi connectivity index (χ2v) is 6.57. The molecule has 3 N–H and O–H groups in total. The average Bonchev–Trinajstić information content (AvgIpc) is 3.02. The van der Waals surface area contributed by atoms with Crippen LogP contribution in [0.2, 0.25) is 0 Å². The van der Waals surface area contributed by atoms with Gasteiger partial charge in [-0.1, -0.05) is 30.3 Å². The van der Waals surface area contributed by atoms with Crippen LogP contribution in [0.15, 0.2) is 54.7 Å². The van der Waals surface area contributed by atoms with Gasteiger partial charge in [0, 0.05) is 24.1 Å². The van der Waals surface area contributed by atoms with E-state index in [9.17, 15) is 22.8 Å². The van der Waals surface area contributed by atoms with E-state index in [-0.39, 0.29) is 5.56 Å². The third-order valence-corrected chi connectivity index (χ3v) is 4.49. The zero-order chi connectivity index (χ0) is 21.2. The van der Waals surface area contributed by atoms with E-state index in [0.29, 0.717) is 5.56 Å². The van der Waals surface area contributed by atoms with Gasteiger partial charge in [0.25, 0.3) is 5.91 Å². The molecular formula is C20H19F3N4O2. The highest BCUT2D eigenvalue weighted by atomic mass is 19.4. The van der Waals surface area contributed by atoms with Gasteiger partial charge in [0.05, 0.1) is 17.2 Å². The van der Waals surface area contributed by atoms with Crippen molar-refractivity contribution < 1.29 is 22.8 Å². The summed E-state index contributed by atoms with van der Waals surface area (Å²) < 4.78 is 40.3. The Morgan fingerprint density at radius 1 is 1.03 bits per heavy atom. The highest BCUT2D eigenvalue weighted by Crippen LogP contribution is 2.30. The molecule has 0 aliphatic heterocycles. The monoisotopic (exact) mass is 404 g/mol. The van der Waals surface area contributed by atoms with Crippen LogP contribution in [0.25, 0.3) is 10.9 Å². The van der Waals surface area contributed by atoms with Crippen molar-refractivity contribution in [1.29, 1.82) is 0 Å². The van der Waals surface area contributed by atoms with Gasteiger partial charge in [-0.25, -0.2) is 10.2 Å². The van der Waals surface area contributed by atoms with Gasteiger partial charge in [0.2, 0.25) is 0 Å². The molecule has 0 spiro atoms. The lowest BCUT2D eigenvalue weighted by atomic mass is 10.1. The number of fused-ring (bicyclic) bond motifs is 1. The smallest absolute Gasteiger partial charge is 0.350 e.